The quantitative estimate of drug-likeness (QED) is 0.621. The summed E-state index contributed by atoms with van der Waals surface area (Å²) in [5.41, 5.74) is 10.00. The van der Waals surface area contributed by atoms with Crippen molar-refractivity contribution in [2.24, 2.45) is 0 Å². The summed E-state index contributed by atoms with van der Waals surface area (Å²) in [6.45, 7) is 6.94. The Labute approximate surface area is 86.3 Å². The molecule has 1 aliphatic carbocycles. The first-order chi connectivity index (χ1) is 6.50. The topological polar surface area (TPSA) is 26.0 Å². The van der Waals surface area contributed by atoms with E-state index >= 15 is 0 Å². The van der Waals surface area contributed by atoms with Crippen LogP contribution in [0.15, 0.2) is 18.2 Å². The maximum absolute atomic E-state index is 5.85. The van der Waals surface area contributed by atoms with Gasteiger partial charge in [-0.3, -0.25) is 0 Å². The summed E-state index contributed by atoms with van der Waals surface area (Å²) in [7, 11) is 0. The Morgan fingerprint density at radius 2 is 2.07 bits per heavy atom. The number of anilines is 1. The Hall–Kier alpha value is -0.980. The van der Waals surface area contributed by atoms with Crippen LogP contribution >= 0.6 is 0 Å². The molecule has 1 atom stereocenters. The molecule has 76 valence electrons. The lowest BCUT2D eigenvalue weighted by Gasteiger charge is -2.36. The second-order valence-electron chi connectivity index (χ2n) is 5.17. The minimum atomic E-state index is 0.303. The van der Waals surface area contributed by atoms with Gasteiger partial charge in [-0.2, -0.15) is 0 Å². The molecule has 0 aromatic heterocycles. The van der Waals surface area contributed by atoms with E-state index in [0.29, 0.717) is 11.3 Å². The number of rotatable bonds is 0. The van der Waals surface area contributed by atoms with E-state index < -0.39 is 0 Å². The Kier molecular flexibility index (Phi) is 2.06. The molecule has 1 nitrogen and oxygen atoms in total. The second kappa shape index (κ2) is 3.01. The lowest BCUT2D eigenvalue weighted by atomic mass is 9.69. The second-order valence-corrected chi connectivity index (χ2v) is 5.17. The zero-order valence-corrected chi connectivity index (χ0v) is 9.30. The molecule has 1 aromatic rings. The Morgan fingerprint density at radius 3 is 2.79 bits per heavy atom. The zero-order chi connectivity index (χ0) is 10.3. The van der Waals surface area contributed by atoms with Crippen LogP contribution in [0.1, 0.15) is 50.7 Å². The molecule has 0 aliphatic heterocycles. The summed E-state index contributed by atoms with van der Waals surface area (Å²) in [4.78, 5) is 0. The maximum Gasteiger partial charge on any atom is 0.0317 e. The average molecular weight is 189 g/mol. The van der Waals surface area contributed by atoms with Crippen LogP contribution in [0.3, 0.4) is 0 Å². The largest absolute Gasteiger partial charge is 0.399 e. The summed E-state index contributed by atoms with van der Waals surface area (Å²) in [6.07, 6.45) is 2.56. The van der Waals surface area contributed by atoms with Gasteiger partial charge < -0.3 is 5.73 Å². The van der Waals surface area contributed by atoms with Gasteiger partial charge in [0, 0.05) is 5.69 Å². The van der Waals surface area contributed by atoms with Crippen molar-refractivity contribution in [1.29, 1.82) is 0 Å². The third-order valence-electron chi connectivity index (χ3n) is 3.54. The van der Waals surface area contributed by atoms with Crippen LogP contribution in [-0.2, 0) is 5.41 Å². The van der Waals surface area contributed by atoms with Gasteiger partial charge in [0.25, 0.3) is 0 Å². The van der Waals surface area contributed by atoms with Gasteiger partial charge in [0.05, 0.1) is 0 Å². The first-order valence-corrected chi connectivity index (χ1v) is 5.40. The molecule has 0 heterocycles. The van der Waals surface area contributed by atoms with Crippen molar-refractivity contribution in [1.82, 2.24) is 0 Å². The Morgan fingerprint density at radius 1 is 1.36 bits per heavy atom. The molecule has 2 rings (SSSR count). The van der Waals surface area contributed by atoms with Crippen molar-refractivity contribution in [3.8, 4) is 0 Å². The Balaban J connectivity index is 2.58. The molecule has 1 unspecified atom stereocenters. The first kappa shape index (κ1) is 9.57. The van der Waals surface area contributed by atoms with E-state index in [9.17, 15) is 0 Å². The SMILES string of the molecule is CC1CCC(C)(C)c2cc(N)ccc21. The fourth-order valence-electron chi connectivity index (χ4n) is 2.46. The van der Waals surface area contributed by atoms with Gasteiger partial charge in [0.2, 0.25) is 0 Å². The third-order valence-corrected chi connectivity index (χ3v) is 3.54. The molecule has 0 saturated heterocycles. The van der Waals surface area contributed by atoms with Crippen molar-refractivity contribution in [3.63, 3.8) is 0 Å². The van der Waals surface area contributed by atoms with E-state index in [4.69, 9.17) is 5.73 Å². The monoisotopic (exact) mass is 189 g/mol. The highest BCUT2D eigenvalue weighted by atomic mass is 14.5. The van der Waals surface area contributed by atoms with Crippen LogP contribution < -0.4 is 5.73 Å². The summed E-state index contributed by atoms with van der Waals surface area (Å²) in [6, 6.07) is 6.39. The lowest BCUT2D eigenvalue weighted by Crippen LogP contribution is -2.25. The first-order valence-electron chi connectivity index (χ1n) is 5.40. The van der Waals surface area contributed by atoms with Gasteiger partial charge in [0.15, 0.2) is 0 Å². The minimum absolute atomic E-state index is 0.303. The van der Waals surface area contributed by atoms with Gasteiger partial charge in [-0.15, -0.1) is 0 Å². The highest BCUT2D eigenvalue weighted by Crippen LogP contribution is 2.42. The van der Waals surface area contributed by atoms with Crippen molar-refractivity contribution >= 4 is 5.69 Å². The highest BCUT2D eigenvalue weighted by molar-refractivity contribution is 5.49. The van der Waals surface area contributed by atoms with E-state index in [-0.39, 0.29) is 0 Å². The summed E-state index contributed by atoms with van der Waals surface area (Å²) in [5.74, 6) is 0.693. The summed E-state index contributed by atoms with van der Waals surface area (Å²) in [5, 5.41) is 0. The molecule has 0 saturated carbocycles. The molecule has 1 aliphatic rings. The normalized spacial score (nSPS) is 24.4. The van der Waals surface area contributed by atoms with Crippen LogP contribution in [0.2, 0.25) is 0 Å². The molecule has 0 spiro atoms. The van der Waals surface area contributed by atoms with E-state index in [2.05, 4.69) is 32.9 Å². The molecule has 0 radical (unpaired) electrons. The highest BCUT2D eigenvalue weighted by Gasteiger charge is 2.30. The van der Waals surface area contributed by atoms with Gasteiger partial charge in [-0.1, -0.05) is 26.8 Å². The van der Waals surface area contributed by atoms with E-state index in [1.54, 1.807) is 0 Å². The predicted molar refractivity (Wildman–Crippen MR) is 61.5 cm³/mol. The molecule has 2 N–H and O–H groups in total. The Bertz CT molecular complexity index is 352. The maximum atomic E-state index is 5.85. The number of fused-ring (bicyclic) bond motifs is 1. The lowest BCUT2D eigenvalue weighted by molar-refractivity contribution is 0.402. The van der Waals surface area contributed by atoms with Crippen LogP contribution in [0.5, 0.6) is 0 Å². The van der Waals surface area contributed by atoms with Crippen LogP contribution in [0.25, 0.3) is 0 Å². The predicted octanol–water partition coefficient (Wildman–Crippen LogP) is 3.44. The number of nitrogens with two attached hydrogens (primary N) is 1. The molecular weight excluding hydrogens is 170 g/mol. The standard InChI is InChI=1S/C13H19N/c1-9-6-7-13(2,3)12-8-10(14)4-5-11(9)12/h4-5,8-9H,6-7,14H2,1-3H3. The zero-order valence-electron chi connectivity index (χ0n) is 9.30. The van der Waals surface area contributed by atoms with Gasteiger partial charge >= 0.3 is 0 Å². The molecule has 0 fully saturated rings. The fraction of sp³-hybridized carbons (Fsp3) is 0.538. The van der Waals surface area contributed by atoms with Crippen molar-refractivity contribution in [2.75, 3.05) is 5.73 Å². The molecule has 1 heteroatoms. The smallest absolute Gasteiger partial charge is 0.0317 e. The van der Waals surface area contributed by atoms with E-state index in [1.165, 1.54) is 24.0 Å². The van der Waals surface area contributed by atoms with Gasteiger partial charge in [0.1, 0.15) is 0 Å². The number of hydrogen-bond donors (Lipinski definition) is 1. The van der Waals surface area contributed by atoms with Crippen molar-refractivity contribution in [3.05, 3.63) is 29.3 Å². The molecule has 1 aromatic carbocycles. The van der Waals surface area contributed by atoms with Crippen LogP contribution in [-0.4, -0.2) is 0 Å². The fourth-order valence-corrected chi connectivity index (χ4v) is 2.46. The third kappa shape index (κ3) is 1.41. The number of hydrogen-bond acceptors (Lipinski definition) is 1. The van der Waals surface area contributed by atoms with E-state index in [0.717, 1.165) is 5.69 Å². The number of nitrogen functional groups attached to an aromatic ring is 1. The summed E-state index contributed by atoms with van der Waals surface area (Å²) < 4.78 is 0. The molecular formula is C13H19N. The average Bonchev–Trinajstić information content (AvgIpc) is 2.12. The summed E-state index contributed by atoms with van der Waals surface area (Å²) >= 11 is 0. The molecule has 0 amide bonds. The molecule has 0 bridgehead atoms. The van der Waals surface area contributed by atoms with Crippen molar-refractivity contribution < 1.29 is 0 Å². The molecule has 14 heavy (non-hydrogen) atoms. The van der Waals surface area contributed by atoms with Gasteiger partial charge in [-0.25, -0.2) is 0 Å². The number of benzene rings is 1. The van der Waals surface area contributed by atoms with Crippen LogP contribution in [0.4, 0.5) is 5.69 Å². The van der Waals surface area contributed by atoms with Crippen molar-refractivity contribution in [2.45, 2.75) is 44.9 Å². The minimum Gasteiger partial charge on any atom is -0.399 e. The van der Waals surface area contributed by atoms with Crippen LogP contribution in [0, 0.1) is 0 Å². The van der Waals surface area contributed by atoms with Gasteiger partial charge in [-0.05, 0) is 47.4 Å². The van der Waals surface area contributed by atoms with E-state index in [1.807, 2.05) is 6.07 Å².